The minimum atomic E-state index is -1.02. The number of hydrogen-bond donors (Lipinski definition) is 1. The second-order valence-corrected chi connectivity index (χ2v) is 8.13. The van der Waals surface area contributed by atoms with E-state index in [0.717, 1.165) is 0 Å². The van der Waals surface area contributed by atoms with Crippen LogP contribution in [0.1, 0.15) is 45.1 Å². The molecule has 1 unspecified atom stereocenters. The number of benzene rings is 1. The van der Waals surface area contributed by atoms with E-state index in [9.17, 15) is 25.0 Å². The molecule has 2 aliphatic heterocycles. The van der Waals surface area contributed by atoms with Crippen LogP contribution in [0.5, 0.6) is 0 Å². The first-order valence-electron chi connectivity index (χ1n) is 11.4. The third-order valence-electron chi connectivity index (χ3n) is 6.09. The van der Waals surface area contributed by atoms with Crippen LogP contribution in [0.15, 0.2) is 41.0 Å². The average molecular weight is 485 g/mol. The zero-order chi connectivity index (χ0) is 25.7. The zero-order valence-corrected chi connectivity index (χ0v) is 19.9. The Balaban J connectivity index is 2.11. The van der Waals surface area contributed by atoms with Crippen molar-refractivity contribution >= 4 is 23.3 Å². The molecule has 1 atom stereocenters. The van der Waals surface area contributed by atoms with E-state index in [1.165, 1.54) is 19.1 Å². The first-order chi connectivity index (χ1) is 16.7. The molecule has 0 radical (unpaired) electrons. The van der Waals surface area contributed by atoms with Crippen LogP contribution < -0.4 is 10.6 Å². The Labute approximate surface area is 202 Å². The molecule has 1 aromatic rings. The third-order valence-corrected chi connectivity index (χ3v) is 6.09. The lowest BCUT2D eigenvalue weighted by Crippen LogP contribution is -2.38. The van der Waals surface area contributed by atoms with Gasteiger partial charge in [-0.3, -0.25) is 14.9 Å². The molecular weight excluding hydrogens is 456 g/mol. The number of piperidine rings is 1. The molecule has 1 fully saturated rings. The molecule has 0 aliphatic carbocycles. The minimum absolute atomic E-state index is 0.0400. The van der Waals surface area contributed by atoms with Gasteiger partial charge in [-0.1, -0.05) is 0 Å². The molecule has 1 aromatic carbocycles. The van der Waals surface area contributed by atoms with Gasteiger partial charge >= 0.3 is 11.9 Å². The summed E-state index contributed by atoms with van der Waals surface area (Å²) in [5, 5.41) is 21.5. The average Bonchev–Trinajstić information content (AvgIpc) is 2.83. The van der Waals surface area contributed by atoms with Crippen LogP contribution in [-0.4, -0.2) is 43.2 Å². The summed E-state index contributed by atoms with van der Waals surface area (Å²) >= 11 is 0. The molecule has 0 aromatic heterocycles. The van der Waals surface area contributed by atoms with Gasteiger partial charge in [0.05, 0.1) is 35.5 Å². The van der Waals surface area contributed by atoms with Crippen LogP contribution >= 0.6 is 0 Å². The Morgan fingerprint density at radius 2 is 1.91 bits per heavy atom. The Morgan fingerprint density at radius 1 is 1.26 bits per heavy atom. The number of carbonyl (C=O) groups is 2. The summed E-state index contributed by atoms with van der Waals surface area (Å²) in [6, 6.07) is 6.31. The number of nitro benzene ring substituents is 1. The van der Waals surface area contributed by atoms with Gasteiger partial charge in [-0.05, 0) is 45.2 Å². The molecule has 0 amide bonds. The van der Waals surface area contributed by atoms with E-state index in [-0.39, 0.29) is 47.0 Å². The second kappa shape index (κ2) is 10.9. The number of ether oxygens (including phenoxy) is 3. The SMILES string of the molecule is CCOC(=O)C1=C(C)OC(N)=C(C#N)C1c1cc([N+](=O)[O-])ccc1N1CCC(C(=O)OCC)CC1. The fourth-order valence-electron chi connectivity index (χ4n) is 4.46. The minimum Gasteiger partial charge on any atom is -0.466 e. The monoisotopic (exact) mass is 484 g/mol. The Bertz CT molecular complexity index is 1130. The van der Waals surface area contributed by atoms with Gasteiger partial charge in [0, 0.05) is 30.9 Å². The summed E-state index contributed by atoms with van der Waals surface area (Å²) in [6.07, 6.45) is 1.07. The summed E-state index contributed by atoms with van der Waals surface area (Å²) in [6.45, 7) is 6.30. The highest BCUT2D eigenvalue weighted by Crippen LogP contribution is 2.45. The number of nitrogens with zero attached hydrogens (tertiary/aromatic N) is 3. The maximum atomic E-state index is 12.9. The molecule has 11 nitrogen and oxygen atoms in total. The molecule has 3 rings (SSSR count). The van der Waals surface area contributed by atoms with Gasteiger partial charge in [0.1, 0.15) is 17.4 Å². The molecule has 0 bridgehead atoms. The third kappa shape index (κ3) is 5.21. The Morgan fingerprint density at radius 3 is 2.49 bits per heavy atom. The maximum Gasteiger partial charge on any atom is 0.338 e. The molecular formula is C24H28N4O7. The van der Waals surface area contributed by atoms with Gasteiger partial charge in [-0.25, -0.2) is 4.79 Å². The highest BCUT2D eigenvalue weighted by Gasteiger charge is 2.39. The van der Waals surface area contributed by atoms with Crippen LogP contribution in [0, 0.1) is 27.4 Å². The van der Waals surface area contributed by atoms with Crippen molar-refractivity contribution < 1.29 is 28.7 Å². The second-order valence-electron chi connectivity index (χ2n) is 8.13. The molecule has 0 spiro atoms. The molecule has 1 saturated heterocycles. The number of esters is 2. The smallest absolute Gasteiger partial charge is 0.338 e. The van der Waals surface area contributed by atoms with Crippen LogP contribution in [0.3, 0.4) is 0 Å². The fourth-order valence-corrected chi connectivity index (χ4v) is 4.46. The first-order valence-corrected chi connectivity index (χ1v) is 11.4. The van der Waals surface area contributed by atoms with Crippen LogP contribution in [-0.2, 0) is 23.8 Å². The van der Waals surface area contributed by atoms with Crippen molar-refractivity contribution in [1.82, 2.24) is 0 Å². The molecule has 2 N–H and O–H groups in total. The van der Waals surface area contributed by atoms with Crippen molar-refractivity contribution in [3.63, 3.8) is 0 Å². The standard InChI is InChI=1S/C24H28N4O7/c1-4-33-23(29)15-8-10-27(11-9-15)19-7-6-16(28(31)32)12-17(19)21-18(13-25)22(26)35-14(3)20(21)24(30)34-5-2/h6-7,12,15,21H,4-5,8-11,26H2,1-3H3. The van der Waals surface area contributed by atoms with Gasteiger partial charge in [-0.15, -0.1) is 0 Å². The lowest BCUT2D eigenvalue weighted by Gasteiger charge is -2.36. The summed E-state index contributed by atoms with van der Waals surface area (Å²) < 4.78 is 15.8. The summed E-state index contributed by atoms with van der Waals surface area (Å²) in [4.78, 5) is 38.1. The Hall–Kier alpha value is -4.07. The maximum absolute atomic E-state index is 12.9. The number of non-ortho nitro benzene ring substituents is 1. The number of hydrogen-bond acceptors (Lipinski definition) is 10. The zero-order valence-electron chi connectivity index (χ0n) is 19.9. The van der Waals surface area contributed by atoms with Crippen molar-refractivity contribution in [1.29, 1.82) is 5.26 Å². The summed E-state index contributed by atoms with van der Waals surface area (Å²) in [7, 11) is 0. The first kappa shape index (κ1) is 25.6. The molecule has 11 heteroatoms. The molecule has 0 saturated carbocycles. The van der Waals surface area contributed by atoms with Crippen molar-refractivity contribution in [2.75, 3.05) is 31.2 Å². The molecule has 186 valence electrons. The van der Waals surface area contributed by atoms with Gasteiger partial charge in [0.15, 0.2) is 0 Å². The predicted molar refractivity (Wildman–Crippen MR) is 125 cm³/mol. The highest BCUT2D eigenvalue weighted by atomic mass is 16.6. The van der Waals surface area contributed by atoms with Crippen LogP contribution in [0.4, 0.5) is 11.4 Å². The van der Waals surface area contributed by atoms with E-state index < -0.39 is 16.8 Å². The number of nitrogens with two attached hydrogens (primary N) is 1. The number of allylic oxidation sites excluding steroid dienone is 2. The van der Waals surface area contributed by atoms with E-state index in [0.29, 0.717) is 43.8 Å². The number of nitriles is 1. The van der Waals surface area contributed by atoms with E-state index >= 15 is 0 Å². The van der Waals surface area contributed by atoms with Crippen LogP contribution in [0.25, 0.3) is 0 Å². The lowest BCUT2D eigenvalue weighted by molar-refractivity contribution is -0.384. The van der Waals surface area contributed by atoms with Crippen LogP contribution in [0.2, 0.25) is 0 Å². The van der Waals surface area contributed by atoms with E-state index in [4.69, 9.17) is 19.9 Å². The van der Waals surface area contributed by atoms with Gasteiger partial charge in [0.25, 0.3) is 5.69 Å². The van der Waals surface area contributed by atoms with Gasteiger partial charge in [0.2, 0.25) is 5.88 Å². The lowest BCUT2D eigenvalue weighted by atomic mass is 9.81. The number of anilines is 1. The predicted octanol–water partition coefficient (Wildman–Crippen LogP) is 3.02. The topological polar surface area (TPSA) is 158 Å². The van der Waals surface area contributed by atoms with Gasteiger partial charge in [-0.2, -0.15) is 5.26 Å². The summed E-state index contributed by atoms with van der Waals surface area (Å²) in [5.74, 6) is -2.23. The molecule has 35 heavy (non-hydrogen) atoms. The van der Waals surface area contributed by atoms with E-state index in [2.05, 4.69) is 0 Å². The molecule has 2 heterocycles. The highest BCUT2D eigenvalue weighted by molar-refractivity contribution is 5.93. The van der Waals surface area contributed by atoms with E-state index in [1.807, 2.05) is 11.0 Å². The van der Waals surface area contributed by atoms with Crippen molar-refractivity contribution in [3.8, 4) is 6.07 Å². The van der Waals surface area contributed by atoms with Crippen molar-refractivity contribution in [2.45, 2.75) is 39.5 Å². The normalized spacial score (nSPS) is 18.6. The van der Waals surface area contributed by atoms with Gasteiger partial charge < -0.3 is 24.8 Å². The van der Waals surface area contributed by atoms with Crippen molar-refractivity contribution in [2.24, 2.45) is 11.7 Å². The van der Waals surface area contributed by atoms with E-state index in [1.54, 1.807) is 19.9 Å². The van der Waals surface area contributed by atoms with Crippen molar-refractivity contribution in [3.05, 3.63) is 56.7 Å². The number of nitro groups is 1. The fraction of sp³-hybridized carbons (Fsp3) is 0.458. The molecule has 2 aliphatic rings. The largest absolute Gasteiger partial charge is 0.466 e. The number of rotatable bonds is 7. The summed E-state index contributed by atoms with van der Waals surface area (Å²) in [5.41, 5.74) is 6.77. The quantitative estimate of drug-likeness (QED) is 0.346. The number of carbonyl (C=O) groups excluding carboxylic acids is 2. The Kier molecular flexibility index (Phi) is 7.96.